The summed E-state index contributed by atoms with van der Waals surface area (Å²) in [6.45, 7) is 7.43. The highest BCUT2D eigenvalue weighted by molar-refractivity contribution is 5.29. The van der Waals surface area contributed by atoms with Crippen LogP contribution in [0, 0.1) is 18.2 Å². The maximum Gasteiger partial charge on any atom is 0.126 e. The highest BCUT2D eigenvalue weighted by Gasteiger charge is 2.39. The minimum Gasteiger partial charge on any atom is -0.385 e. The Morgan fingerprint density at radius 1 is 1.31 bits per heavy atom. The zero-order chi connectivity index (χ0) is 12.6. The first-order chi connectivity index (χ1) is 7.22. The van der Waals surface area contributed by atoms with E-state index in [1.165, 1.54) is 6.07 Å². The van der Waals surface area contributed by atoms with Crippen molar-refractivity contribution in [1.82, 2.24) is 0 Å². The summed E-state index contributed by atoms with van der Waals surface area (Å²) in [6.07, 6.45) is 0. The van der Waals surface area contributed by atoms with Gasteiger partial charge in [-0.2, -0.15) is 0 Å². The average molecular weight is 225 g/mol. The Bertz CT molecular complexity index is 386. The van der Waals surface area contributed by atoms with E-state index in [4.69, 9.17) is 5.73 Å². The largest absolute Gasteiger partial charge is 0.385 e. The predicted octanol–water partition coefficient (Wildman–Crippen LogP) is 2.33. The molecule has 0 heterocycles. The van der Waals surface area contributed by atoms with E-state index in [1.54, 1.807) is 26.0 Å². The van der Waals surface area contributed by atoms with Crippen LogP contribution in [0.4, 0.5) is 4.39 Å². The van der Waals surface area contributed by atoms with Gasteiger partial charge in [-0.1, -0.05) is 26.0 Å². The molecule has 0 aromatic heterocycles. The van der Waals surface area contributed by atoms with Gasteiger partial charge in [0.15, 0.2) is 0 Å². The van der Waals surface area contributed by atoms with Gasteiger partial charge in [0.1, 0.15) is 5.82 Å². The lowest BCUT2D eigenvalue weighted by molar-refractivity contribution is -0.0523. The highest BCUT2D eigenvalue weighted by Crippen LogP contribution is 2.38. The minimum absolute atomic E-state index is 0.300. The smallest absolute Gasteiger partial charge is 0.126 e. The SMILES string of the molecule is Cc1ccc(C(C)(O)C(C)(C)CN)cc1F. The first-order valence-electron chi connectivity index (χ1n) is 5.41. The molecule has 0 saturated carbocycles. The Balaban J connectivity index is 3.22. The van der Waals surface area contributed by atoms with Crippen LogP contribution in [0.15, 0.2) is 18.2 Å². The maximum atomic E-state index is 13.5. The topological polar surface area (TPSA) is 46.2 Å². The summed E-state index contributed by atoms with van der Waals surface area (Å²) < 4.78 is 13.5. The van der Waals surface area contributed by atoms with Gasteiger partial charge in [0.05, 0.1) is 5.60 Å². The second-order valence-electron chi connectivity index (χ2n) is 5.12. The van der Waals surface area contributed by atoms with Gasteiger partial charge in [0.2, 0.25) is 0 Å². The van der Waals surface area contributed by atoms with Crippen LogP contribution in [0.3, 0.4) is 0 Å². The van der Waals surface area contributed by atoms with E-state index in [1.807, 2.05) is 13.8 Å². The minimum atomic E-state index is -1.14. The van der Waals surface area contributed by atoms with Gasteiger partial charge in [-0.15, -0.1) is 0 Å². The van der Waals surface area contributed by atoms with E-state index < -0.39 is 11.0 Å². The highest BCUT2D eigenvalue weighted by atomic mass is 19.1. The molecule has 1 aromatic carbocycles. The second kappa shape index (κ2) is 4.15. The van der Waals surface area contributed by atoms with Crippen LogP contribution in [0.5, 0.6) is 0 Å². The number of hydrogen-bond donors (Lipinski definition) is 2. The van der Waals surface area contributed by atoms with Crippen LogP contribution in [-0.4, -0.2) is 11.7 Å². The van der Waals surface area contributed by atoms with E-state index in [2.05, 4.69) is 0 Å². The lowest BCUT2D eigenvalue weighted by Gasteiger charge is -2.39. The van der Waals surface area contributed by atoms with Crippen LogP contribution < -0.4 is 5.73 Å². The number of hydrogen-bond acceptors (Lipinski definition) is 2. The van der Waals surface area contributed by atoms with Crippen molar-refractivity contribution in [1.29, 1.82) is 0 Å². The average Bonchev–Trinajstić information content (AvgIpc) is 2.21. The van der Waals surface area contributed by atoms with Gasteiger partial charge in [-0.25, -0.2) is 4.39 Å². The number of aliphatic hydroxyl groups is 1. The van der Waals surface area contributed by atoms with Crippen LogP contribution in [0.1, 0.15) is 31.9 Å². The molecular weight excluding hydrogens is 205 g/mol. The van der Waals surface area contributed by atoms with Crippen molar-refractivity contribution in [3.8, 4) is 0 Å². The van der Waals surface area contributed by atoms with Crippen LogP contribution >= 0.6 is 0 Å². The molecule has 0 bridgehead atoms. The number of halogens is 1. The number of aryl methyl sites for hydroxylation is 1. The normalized spacial score (nSPS) is 15.9. The van der Waals surface area contributed by atoms with Crippen molar-refractivity contribution < 1.29 is 9.50 Å². The summed E-state index contributed by atoms with van der Waals surface area (Å²) in [4.78, 5) is 0. The molecule has 90 valence electrons. The van der Waals surface area contributed by atoms with Crippen molar-refractivity contribution in [3.05, 3.63) is 35.1 Å². The molecule has 0 saturated heterocycles. The quantitative estimate of drug-likeness (QED) is 0.829. The second-order valence-corrected chi connectivity index (χ2v) is 5.12. The van der Waals surface area contributed by atoms with Crippen LogP contribution in [0.2, 0.25) is 0 Å². The summed E-state index contributed by atoms with van der Waals surface area (Å²) in [5, 5.41) is 10.5. The number of nitrogens with two attached hydrogens (primary N) is 1. The summed E-state index contributed by atoms with van der Waals surface area (Å²) in [7, 11) is 0. The molecule has 1 atom stereocenters. The molecule has 1 unspecified atom stereocenters. The lowest BCUT2D eigenvalue weighted by atomic mass is 9.72. The first-order valence-corrected chi connectivity index (χ1v) is 5.41. The molecular formula is C13H20FNO. The summed E-state index contributed by atoms with van der Waals surface area (Å²) in [6, 6.07) is 4.80. The fraction of sp³-hybridized carbons (Fsp3) is 0.538. The fourth-order valence-electron chi connectivity index (χ4n) is 1.49. The first kappa shape index (κ1) is 13.1. The molecule has 1 aromatic rings. The van der Waals surface area contributed by atoms with Gasteiger partial charge in [0.25, 0.3) is 0 Å². The van der Waals surface area contributed by atoms with Gasteiger partial charge >= 0.3 is 0 Å². The van der Waals surface area contributed by atoms with Crippen LogP contribution in [0.25, 0.3) is 0 Å². The van der Waals surface area contributed by atoms with Crippen molar-refractivity contribution in [2.24, 2.45) is 11.1 Å². The Morgan fingerprint density at radius 3 is 2.31 bits per heavy atom. The Hall–Kier alpha value is -0.930. The van der Waals surface area contributed by atoms with E-state index in [0.29, 0.717) is 17.7 Å². The third kappa shape index (κ3) is 2.11. The van der Waals surface area contributed by atoms with E-state index >= 15 is 0 Å². The van der Waals surface area contributed by atoms with Gasteiger partial charge in [-0.05, 0) is 31.0 Å². The van der Waals surface area contributed by atoms with Gasteiger partial charge in [-0.3, -0.25) is 0 Å². The molecule has 0 aliphatic heterocycles. The van der Waals surface area contributed by atoms with Crippen molar-refractivity contribution in [3.63, 3.8) is 0 Å². The molecule has 2 nitrogen and oxygen atoms in total. The molecule has 0 aliphatic rings. The van der Waals surface area contributed by atoms with Crippen molar-refractivity contribution in [2.75, 3.05) is 6.54 Å². The molecule has 0 fully saturated rings. The molecule has 3 N–H and O–H groups in total. The van der Waals surface area contributed by atoms with Crippen LogP contribution in [-0.2, 0) is 5.60 Å². The maximum absolute atomic E-state index is 13.5. The number of benzene rings is 1. The number of rotatable bonds is 3. The van der Waals surface area contributed by atoms with E-state index in [9.17, 15) is 9.50 Å². The van der Waals surface area contributed by atoms with E-state index in [-0.39, 0.29) is 5.82 Å². The van der Waals surface area contributed by atoms with Gasteiger partial charge < -0.3 is 10.8 Å². The summed E-state index contributed by atoms with van der Waals surface area (Å²) >= 11 is 0. The Morgan fingerprint density at radius 2 is 1.88 bits per heavy atom. The van der Waals surface area contributed by atoms with Crippen molar-refractivity contribution in [2.45, 2.75) is 33.3 Å². The molecule has 1 rings (SSSR count). The van der Waals surface area contributed by atoms with Gasteiger partial charge in [0, 0.05) is 12.0 Å². The molecule has 16 heavy (non-hydrogen) atoms. The molecule has 0 aliphatic carbocycles. The van der Waals surface area contributed by atoms with E-state index in [0.717, 1.165) is 0 Å². The molecule has 0 radical (unpaired) electrons. The lowest BCUT2D eigenvalue weighted by Crippen LogP contribution is -2.44. The zero-order valence-electron chi connectivity index (χ0n) is 10.3. The third-order valence-electron chi connectivity index (χ3n) is 3.56. The Kier molecular flexibility index (Phi) is 3.41. The monoisotopic (exact) mass is 225 g/mol. The third-order valence-corrected chi connectivity index (χ3v) is 3.56. The molecule has 3 heteroatoms. The molecule has 0 amide bonds. The Labute approximate surface area is 96.3 Å². The molecule has 0 spiro atoms. The predicted molar refractivity (Wildman–Crippen MR) is 63.5 cm³/mol. The standard InChI is InChI=1S/C13H20FNO/c1-9-5-6-10(7-11(9)14)13(4,16)12(2,3)8-15/h5-7,16H,8,15H2,1-4H3. The zero-order valence-corrected chi connectivity index (χ0v) is 10.3. The van der Waals surface area contributed by atoms with Crippen molar-refractivity contribution >= 4 is 0 Å². The summed E-state index contributed by atoms with van der Waals surface area (Å²) in [5.74, 6) is -0.300. The fourth-order valence-corrected chi connectivity index (χ4v) is 1.49. The summed E-state index contributed by atoms with van der Waals surface area (Å²) in [5.41, 5.74) is 5.13.